The third-order valence-electron chi connectivity index (χ3n) is 4.67. The Hall–Kier alpha value is -2.87. The van der Waals surface area contributed by atoms with Gasteiger partial charge in [0.15, 0.2) is 11.0 Å². The predicted molar refractivity (Wildman–Crippen MR) is 109 cm³/mol. The number of halogens is 1. The third-order valence-corrected chi connectivity index (χ3v) is 5.62. The lowest BCUT2D eigenvalue weighted by atomic mass is 10.2. The maximum atomic E-state index is 14.2. The number of hydrogen-bond donors (Lipinski definition) is 1. The molecular weight excluding hydrogens is 391 g/mol. The molecule has 0 bridgehead atoms. The van der Waals surface area contributed by atoms with E-state index in [1.165, 1.54) is 17.8 Å². The van der Waals surface area contributed by atoms with Crippen LogP contribution in [0.4, 0.5) is 4.39 Å². The van der Waals surface area contributed by atoms with Crippen molar-refractivity contribution >= 4 is 17.7 Å². The minimum absolute atomic E-state index is 0.0939. The summed E-state index contributed by atoms with van der Waals surface area (Å²) in [7, 11) is 1.62. The van der Waals surface area contributed by atoms with Crippen molar-refractivity contribution in [3.05, 3.63) is 59.9 Å². The Morgan fingerprint density at radius 3 is 2.66 bits per heavy atom. The van der Waals surface area contributed by atoms with Crippen molar-refractivity contribution in [3.8, 4) is 17.1 Å². The van der Waals surface area contributed by atoms with Gasteiger partial charge in [0.05, 0.1) is 18.4 Å². The molecule has 150 valence electrons. The summed E-state index contributed by atoms with van der Waals surface area (Å²) in [6.07, 6.45) is 2.02. The van der Waals surface area contributed by atoms with Crippen LogP contribution in [0.5, 0.6) is 5.75 Å². The molecule has 4 rings (SSSR count). The highest BCUT2D eigenvalue weighted by molar-refractivity contribution is 7.99. The maximum Gasteiger partial charge on any atom is 0.230 e. The van der Waals surface area contributed by atoms with Crippen LogP contribution < -0.4 is 10.1 Å². The van der Waals surface area contributed by atoms with E-state index in [1.807, 2.05) is 28.8 Å². The lowest BCUT2D eigenvalue weighted by Crippen LogP contribution is -2.24. The van der Waals surface area contributed by atoms with Gasteiger partial charge in [0, 0.05) is 12.6 Å². The summed E-state index contributed by atoms with van der Waals surface area (Å²) in [4.78, 5) is 12.3. The van der Waals surface area contributed by atoms with Crippen LogP contribution in [0.15, 0.2) is 53.7 Å². The quantitative estimate of drug-likeness (QED) is 0.570. The van der Waals surface area contributed by atoms with Crippen molar-refractivity contribution in [1.29, 1.82) is 0 Å². The van der Waals surface area contributed by atoms with E-state index in [1.54, 1.807) is 25.3 Å². The predicted octanol–water partition coefficient (Wildman–Crippen LogP) is 3.84. The molecule has 1 saturated carbocycles. The van der Waals surface area contributed by atoms with E-state index in [2.05, 4.69) is 15.5 Å². The fourth-order valence-electron chi connectivity index (χ4n) is 2.99. The number of ether oxygens (including phenoxy) is 1. The molecular formula is C21H21FN4O2S. The van der Waals surface area contributed by atoms with Crippen molar-refractivity contribution < 1.29 is 13.9 Å². The second kappa shape index (κ2) is 8.65. The van der Waals surface area contributed by atoms with Crippen LogP contribution in [-0.4, -0.2) is 33.5 Å². The summed E-state index contributed by atoms with van der Waals surface area (Å²) in [6.45, 7) is 0.444. The number of aromatic nitrogens is 3. The van der Waals surface area contributed by atoms with E-state index in [-0.39, 0.29) is 23.5 Å². The minimum atomic E-state index is -0.324. The number of hydrogen-bond acceptors (Lipinski definition) is 5. The van der Waals surface area contributed by atoms with E-state index in [9.17, 15) is 9.18 Å². The first-order valence-corrected chi connectivity index (χ1v) is 10.4. The summed E-state index contributed by atoms with van der Waals surface area (Å²) in [5.74, 6) is 1.10. The summed E-state index contributed by atoms with van der Waals surface area (Å²) in [6, 6.07) is 14.4. The summed E-state index contributed by atoms with van der Waals surface area (Å²) in [5, 5.41) is 12.0. The van der Waals surface area contributed by atoms with Gasteiger partial charge in [-0.25, -0.2) is 4.39 Å². The normalized spacial score (nSPS) is 13.3. The Balaban J connectivity index is 1.39. The van der Waals surface area contributed by atoms with Crippen molar-refractivity contribution in [2.24, 2.45) is 0 Å². The Morgan fingerprint density at radius 2 is 1.97 bits per heavy atom. The van der Waals surface area contributed by atoms with Crippen molar-refractivity contribution in [3.63, 3.8) is 0 Å². The zero-order valence-electron chi connectivity index (χ0n) is 16.0. The van der Waals surface area contributed by atoms with E-state index in [0.29, 0.717) is 23.1 Å². The molecule has 1 fully saturated rings. The lowest BCUT2D eigenvalue weighted by Gasteiger charge is -2.10. The molecule has 0 saturated heterocycles. The summed E-state index contributed by atoms with van der Waals surface area (Å²) >= 11 is 1.32. The maximum absolute atomic E-state index is 14.2. The third kappa shape index (κ3) is 4.59. The molecule has 2 aromatic carbocycles. The van der Waals surface area contributed by atoms with Crippen LogP contribution in [0.25, 0.3) is 11.4 Å². The first-order chi connectivity index (χ1) is 14.2. The van der Waals surface area contributed by atoms with Gasteiger partial charge in [-0.05, 0) is 42.7 Å². The Labute approximate surface area is 172 Å². The van der Waals surface area contributed by atoms with Crippen LogP contribution >= 0.6 is 11.8 Å². The van der Waals surface area contributed by atoms with Gasteiger partial charge in [-0.15, -0.1) is 10.2 Å². The van der Waals surface area contributed by atoms with Crippen LogP contribution in [0.1, 0.15) is 24.4 Å². The fraction of sp³-hybridized carbons (Fsp3) is 0.286. The highest BCUT2D eigenvalue weighted by atomic mass is 32.2. The zero-order chi connectivity index (χ0) is 20.2. The highest BCUT2D eigenvalue weighted by Crippen LogP contribution is 2.41. The SMILES string of the molecule is COc1ccc(CNC(=O)CSc2nnc(-c3ccccc3F)n2C2CC2)cc1. The summed E-state index contributed by atoms with van der Waals surface area (Å²) in [5.41, 5.74) is 1.43. The van der Waals surface area contributed by atoms with Gasteiger partial charge in [0.2, 0.25) is 5.91 Å². The standard InChI is InChI=1S/C21H21FN4O2S/c1-28-16-10-6-14(7-11-16)12-23-19(27)13-29-21-25-24-20(26(21)15-8-9-15)17-4-2-3-5-18(17)22/h2-7,10-11,15H,8-9,12-13H2,1H3,(H,23,27). The molecule has 3 aromatic rings. The molecule has 1 N–H and O–H groups in total. The number of nitrogens with zero attached hydrogens (tertiary/aromatic N) is 3. The molecule has 6 nitrogen and oxygen atoms in total. The van der Waals surface area contributed by atoms with Crippen LogP contribution in [-0.2, 0) is 11.3 Å². The van der Waals surface area contributed by atoms with Crippen molar-refractivity contribution in [2.75, 3.05) is 12.9 Å². The Bertz CT molecular complexity index is 1000. The second-order valence-electron chi connectivity index (χ2n) is 6.80. The molecule has 1 aliphatic rings. The molecule has 1 aromatic heterocycles. The zero-order valence-corrected chi connectivity index (χ0v) is 16.8. The van der Waals surface area contributed by atoms with Gasteiger partial charge in [-0.3, -0.25) is 9.36 Å². The van der Waals surface area contributed by atoms with E-state index < -0.39 is 0 Å². The van der Waals surface area contributed by atoms with Gasteiger partial charge >= 0.3 is 0 Å². The average molecular weight is 412 g/mol. The largest absolute Gasteiger partial charge is 0.497 e. The van der Waals surface area contributed by atoms with Crippen molar-refractivity contribution in [2.45, 2.75) is 30.6 Å². The molecule has 0 radical (unpaired) electrons. The first kappa shape index (κ1) is 19.4. The highest BCUT2D eigenvalue weighted by Gasteiger charge is 2.31. The van der Waals surface area contributed by atoms with Gasteiger partial charge in [-0.2, -0.15) is 0 Å². The lowest BCUT2D eigenvalue weighted by molar-refractivity contribution is -0.118. The average Bonchev–Trinajstić information content (AvgIpc) is 3.50. The van der Waals surface area contributed by atoms with Gasteiger partial charge < -0.3 is 10.1 Å². The molecule has 1 amide bonds. The smallest absolute Gasteiger partial charge is 0.230 e. The molecule has 0 atom stereocenters. The molecule has 0 aliphatic heterocycles. The van der Waals surface area contributed by atoms with Gasteiger partial charge in [0.1, 0.15) is 11.6 Å². The van der Waals surface area contributed by atoms with E-state index >= 15 is 0 Å². The van der Waals surface area contributed by atoms with E-state index in [4.69, 9.17) is 4.74 Å². The molecule has 1 aliphatic carbocycles. The number of carbonyl (C=O) groups is 1. The Morgan fingerprint density at radius 1 is 1.21 bits per heavy atom. The molecule has 8 heteroatoms. The van der Waals surface area contributed by atoms with Gasteiger partial charge in [0.25, 0.3) is 0 Å². The number of carbonyl (C=O) groups excluding carboxylic acids is 1. The van der Waals surface area contributed by atoms with Crippen LogP contribution in [0.2, 0.25) is 0 Å². The molecule has 29 heavy (non-hydrogen) atoms. The number of benzene rings is 2. The minimum Gasteiger partial charge on any atom is -0.497 e. The number of amides is 1. The Kier molecular flexibility index (Phi) is 5.80. The van der Waals surface area contributed by atoms with E-state index in [0.717, 1.165) is 24.2 Å². The molecule has 1 heterocycles. The van der Waals surface area contributed by atoms with Crippen molar-refractivity contribution in [1.82, 2.24) is 20.1 Å². The molecule has 0 unspecified atom stereocenters. The second-order valence-corrected chi connectivity index (χ2v) is 7.74. The number of nitrogens with one attached hydrogen (secondary N) is 1. The monoisotopic (exact) mass is 412 g/mol. The summed E-state index contributed by atoms with van der Waals surface area (Å²) < 4.78 is 21.3. The first-order valence-electron chi connectivity index (χ1n) is 9.38. The molecule has 0 spiro atoms. The fourth-order valence-corrected chi connectivity index (χ4v) is 3.82. The van der Waals surface area contributed by atoms with Crippen LogP contribution in [0.3, 0.4) is 0 Å². The number of methoxy groups -OCH3 is 1. The number of rotatable bonds is 8. The topological polar surface area (TPSA) is 69.0 Å². The van der Waals surface area contributed by atoms with Gasteiger partial charge in [-0.1, -0.05) is 36.0 Å². The van der Waals surface area contributed by atoms with Crippen LogP contribution in [0, 0.1) is 5.82 Å². The number of thioether (sulfide) groups is 1.